The van der Waals surface area contributed by atoms with Gasteiger partial charge in [-0.3, -0.25) is 0 Å². The average molecular weight is 137 g/mol. The van der Waals surface area contributed by atoms with Gasteiger partial charge in [-0.15, -0.1) is 0 Å². The van der Waals surface area contributed by atoms with Gasteiger partial charge in [0.25, 0.3) is 0 Å². The van der Waals surface area contributed by atoms with E-state index in [4.69, 9.17) is 0 Å². The molecule has 0 aliphatic carbocycles. The molecule has 0 N–H and O–H groups in total. The van der Waals surface area contributed by atoms with Gasteiger partial charge in [-0.05, 0) is 0 Å². The summed E-state index contributed by atoms with van der Waals surface area (Å²) >= 11 is 0.944. The van der Waals surface area contributed by atoms with E-state index in [9.17, 15) is 0 Å². The van der Waals surface area contributed by atoms with Gasteiger partial charge in [-0.2, -0.15) is 0 Å². The summed E-state index contributed by atoms with van der Waals surface area (Å²) < 4.78 is 0. The van der Waals surface area contributed by atoms with Gasteiger partial charge in [0.2, 0.25) is 0 Å². The number of hydrogen-bond acceptors (Lipinski definition) is 0. The third-order valence-corrected chi connectivity index (χ3v) is 4.24. The van der Waals surface area contributed by atoms with Gasteiger partial charge in [0.05, 0.1) is 0 Å². The van der Waals surface area contributed by atoms with Gasteiger partial charge in [0, 0.05) is 0 Å². The van der Waals surface area contributed by atoms with Crippen molar-refractivity contribution >= 4 is 20.9 Å². The van der Waals surface area contributed by atoms with Gasteiger partial charge < -0.3 is 0 Å². The predicted molar refractivity (Wildman–Crippen MR) is 22.9 cm³/mol. The van der Waals surface area contributed by atoms with Crippen molar-refractivity contribution in [2.75, 3.05) is 0 Å². The van der Waals surface area contributed by atoms with Crippen molar-refractivity contribution in [2.24, 2.45) is 0 Å². The molecule has 0 nitrogen and oxygen atoms in total. The van der Waals surface area contributed by atoms with Gasteiger partial charge >= 0.3 is 31.6 Å². The topological polar surface area (TPSA) is 0 Å². The van der Waals surface area contributed by atoms with E-state index in [1.165, 1.54) is 6.85 Å². The van der Waals surface area contributed by atoms with Crippen LogP contribution < -0.4 is 0 Å². The van der Waals surface area contributed by atoms with Crippen molar-refractivity contribution in [1.82, 2.24) is 0 Å². The van der Waals surface area contributed by atoms with E-state index in [2.05, 4.69) is 10.7 Å². The Labute approximate surface area is 32.3 Å². The fraction of sp³-hybridized carbons (Fsp3) is 0. The first kappa shape index (κ1) is 2.78. The third kappa shape index (κ3) is 0.299. The van der Waals surface area contributed by atoms with E-state index in [-0.39, 0.29) is 0 Å². The molecule has 0 radical (unpaired) electrons. The molecule has 1 heterocycles. The second-order valence-electron chi connectivity index (χ2n) is 0.538. The Balaban J connectivity index is 3.00. The molecule has 4 heavy (non-hydrogen) atoms. The summed E-state index contributed by atoms with van der Waals surface area (Å²) in [6, 6.07) is 0. The van der Waals surface area contributed by atoms with Gasteiger partial charge in [-0.25, -0.2) is 0 Å². The monoisotopic (exact) mass is 138 g/mol. The second kappa shape index (κ2) is 1.12. The first-order chi connectivity index (χ1) is 2.00. The fourth-order valence-electron chi connectivity index (χ4n) is 0.0680. The predicted octanol–water partition coefficient (Wildman–Crippen LogP) is 0.775. The zero-order valence-electron chi connectivity index (χ0n) is 2.06. The molecule has 0 aliphatic heterocycles. The van der Waals surface area contributed by atoms with E-state index in [1.807, 2.05) is 0 Å². The van der Waals surface area contributed by atoms with E-state index in [0.29, 0.717) is 0 Å². The summed E-state index contributed by atoms with van der Waals surface area (Å²) in [4.78, 5) is 2.26. The molecule has 0 saturated carbocycles. The van der Waals surface area contributed by atoms with Crippen LogP contribution in [0.2, 0.25) is 0 Å². The molecule has 0 amide bonds. The molecular formula is C2H3PSe. The normalized spacial score (nSPS) is 10.0. The van der Waals surface area contributed by atoms with Crippen molar-refractivity contribution < 1.29 is 0 Å². The van der Waals surface area contributed by atoms with Crippen LogP contribution in [-0.4, -0.2) is 14.0 Å². The quantitative estimate of drug-likeness (QED) is 0.463. The Morgan fingerprint density at radius 1 is 1.75 bits per heavy atom. The summed E-state index contributed by atoms with van der Waals surface area (Å²) in [5, 5.41) is 0. The molecule has 0 aliphatic rings. The minimum absolute atomic E-state index is 0.944. The van der Waals surface area contributed by atoms with E-state index in [0.717, 1.165) is 14.0 Å². The molecule has 1 aromatic heterocycles. The molecule has 1 aromatic rings. The van der Waals surface area contributed by atoms with Crippen LogP contribution in [0.5, 0.6) is 0 Å². The Morgan fingerprint density at radius 2 is 2.00 bits per heavy atom. The molecule has 0 saturated heterocycles. The van der Waals surface area contributed by atoms with Crippen LogP contribution in [0.25, 0.3) is 0 Å². The van der Waals surface area contributed by atoms with Gasteiger partial charge in [0.1, 0.15) is 0 Å². The minimum atomic E-state index is 0.944. The van der Waals surface area contributed by atoms with Crippen LogP contribution in [-0.2, 0) is 0 Å². The fourth-order valence-corrected chi connectivity index (χ4v) is 1.06. The van der Waals surface area contributed by atoms with E-state index < -0.39 is 0 Å². The SMILES string of the molecule is c1c[se][pH]1. The molecule has 1 atom stereocenters. The van der Waals surface area contributed by atoms with Crippen LogP contribution >= 0.6 is 6.85 Å². The summed E-state index contributed by atoms with van der Waals surface area (Å²) in [6.45, 7) is 1.20. The molecule has 0 aromatic carbocycles. The zero-order valence-corrected chi connectivity index (χ0v) is 4.78. The number of rotatable bonds is 0. The molecular weight excluding hydrogens is 134 g/mol. The maximum atomic E-state index is 2.26. The number of hydrogen-bond donors (Lipinski definition) is 0. The second-order valence-corrected chi connectivity index (χ2v) is 4.88. The van der Waals surface area contributed by atoms with Gasteiger partial charge in [0.15, 0.2) is 0 Å². The Kier molecular flexibility index (Phi) is 0.779. The summed E-state index contributed by atoms with van der Waals surface area (Å²) in [5.41, 5.74) is 0. The molecule has 22 valence electrons. The molecule has 0 spiro atoms. The van der Waals surface area contributed by atoms with Crippen LogP contribution in [0, 0.1) is 0 Å². The average Bonchev–Trinajstić information content (AvgIpc) is 0.722. The summed E-state index contributed by atoms with van der Waals surface area (Å²) in [5.74, 6) is 2.24. The summed E-state index contributed by atoms with van der Waals surface area (Å²) in [7, 11) is 0. The standard InChI is InChI=1S/C2H3PSe/c1-2-4-3-1/h1-3H. The zero-order chi connectivity index (χ0) is 2.83. The Hall–Kier alpha value is 0.559. The third-order valence-electron chi connectivity index (χ3n) is 0.272. The molecule has 2 heteroatoms. The van der Waals surface area contributed by atoms with Crippen molar-refractivity contribution in [1.29, 1.82) is 0 Å². The van der Waals surface area contributed by atoms with Crippen molar-refractivity contribution in [2.45, 2.75) is 0 Å². The van der Waals surface area contributed by atoms with Crippen LogP contribution in [0.3, 0.4) is 0 Å². The van der Waals surface area contributed by atoms with Crippen molar-refractivity contribution in [3.05, 3.63) is 10.7 Å². The first-order valence-corrected chi connectivity index (χ1v) is 5.61. The molecule has 0 fully saturated rings. The van der Waals surface area contributed by atoms with Crippen LogP contribution in [0.4, 0.5) is 0 Å². The Bertz CT molecular complexity index is 47.8. The molecule has 1 rings (SSSR count). The van der Waals surface area contributed by atoms with Crippen LogP contribution in [0.15, 0.2) is 10.7 Å². The first-order valence-electron chi connectivity index (χ1n) is 1.06. The Morgan fingerprint density at radius 3 is 2.00 bits per heavy atom. The van der Waals surface area contributed by atoms with Crippen molar-refractivity contribution in [3.63, 3.8) is 0 Å². The molecule has 0 bridgehead atoms. The van der Waals surface area contributed by atoms with E-state index in [1.54, 1.807) is 0 Å². The summed E-state index contributed by atoms with van der Waals surface area (Å²) in [6.07, 6.45) is 0. The molecule has 1 unspecified atom stereocenters. The van der Waals surface area contributed by atoms with Crippen LogP contribution in [0.1, 0.15) is 0 Å². The van der Waals surface area contributed by atoms with Crippen molar-refractivity contribution in [3.8, 4) is 0 Å². The van der Waals surface area contributed by atoms with Gasteiger partial charge in [-0.1, -0.05) is 0 Å². The van der Waals surface area contributed by atoms with E-state index >= 15 is 0 Å². The maximum absolute atomic E-state index is 2.26.